The maximum Gasteiger partial charge on any atom is 0.253 e. The third-order valence-corrected chi connectivity index (χ3v) is 8.80. The van der Waals surface area contributed by atoms with E-state index in [2.05, 4.69) is 21.2 Å². The van der Waals surface area contributed by atoms with E-state index in [0.29, 0.717) is 25.9 Å². The predicted molar refractivity (Wildman–Crippen MR) is 100.0 cm³/mol. The third-order valence-electron chi connectivity index (χ3n) is 3.87. The Kier molecular flexibility index (Phi) is 5.76. The predicted octanol–water partition coefficient (Wildman–Crippen LogP) is 3.08. The summed E-state index contributed by atoms with van der Waals surface area (Å²) in [6.07, 6.45) is 2.03. The molecule has 3 rings (SSSR count). The fraction of sp³-hybridized carbons (Fsp3) is 0.400. The van der Waals surface area contributed by atoms with Gasteiger partial charge in [-0.25, -0.2) is 8.42 Å². The van der Waals surface area contributed by atoms with E-state index in [9.17, 15) is 13.2 Å². The molecule has 1 saturated heterocycles. The molecule has 1 aliphatic rings. The SMILES string of the molecule is O=C(NCCc1cccs1)[C@@H]1CCCN1S(=O)(=O)c1ccc(Br)s1. The highest BCUT2D eigenvalue weighted by atomic mass is 79.9. The van der Waals surface area contributed by atoms with Crippen LogP contribution in [0.1, 0.15) is 17.7 Å². The summed E-state index contributed by atoms with van der Waals surface area (Å²) in [7, 11) is -3.62. The third kappa shape index (κ3) is 3.91. The number of nitrogens with one attached hydrogen (secondary N) is 1. The van der Waals surface area contributed by atoms with E-state index >= 15 is 0 Å². The Morgan fingerprint density at radius 2 is 2.21 bits per heavy atom. The van der Waals surface area contributed by atoms with Crippen molar-refractivity contribution in [2.45, 2.75) is 29.5 Å². The molecule has 9 heteroatoms. The number of carbonyl (C=O) groups excluding carboxylic acids is 1. The molecule has 0 bridgehead atoms. The summed E-state index contributed by atoms with van der Waals surface area (Å²) in [6.45, 7) is 0.912. The van der Waals surface area contributed by atoms with Crippen molar-refractivity contribution >= 4 is 54.5 Å². The van der Waals surface area contributed by atoms with E-state index < -0.39 is 16.1 Å². The Bertz CT molecular complexity index is 802. The summed E-state index contributed by atoms with van der Waals surface area (Å²) in [5.41, 5.74) is 0. The number of hydrogen-bond acceptors (Lipinski definition) is 5. The second-order valence-corrected chi connectivity index (χ2v) is 11.1. The molecule has 0 spiro atoms. The number of carbonyl (C=O) groups is 1. The van der Waals surface area contributed by atoms with E-state index in [4.69, 9.17) is 0 Å². The van der Waals surface area contributed by atoms with E-state index in [1.807, 2.05) is 17.5 Å². The molecule has 1 atom stereocenters. The number of sulfonamides is 1. The molecule has 1 aliphatic heterocycles. The summed E-state index contributed by atoms with van der Waals surface area (Å²) in [5, 5.41) is 4.88. The van der Waals surface area contributed by atoms with Gasteiger partial charge >= 0.3 is 0 Å². The average molecular weight is 449 g/mol. The topological polar surface area (TPSA) is 66.5 Å². The summed E-state index contributed by atoms with van der Waals surface area (Å²) >= 11 is 6.11. The van der Waals surface area contributed by atoms with Gasteiger partial charge in [0.15, 0.2) is 0 Å². The first-order chi connectivity index (χ1) is 11.5. The van der Waals surface area contributed by atoms with Gasteiger partial charge in [-0.1, -0.05) is 6.07 Å². The Morgan fingerprint density at radius 3 is 2.88 bits per heavy atom. The van der Waals surface area contributed by atoms with Crippen molar-refractivity contribution < 1.29 is 13.2 Å². The lowest BCUT2D eigenvalue weighted by molar-refractivity contribution is -0.124. The maximum atomic E-state index is 12.8. The second kappa shape index (κ2) is 7.65. The molecule has 5 nitrogen and oxygen atoms in total. The molecule has 1 fully saturated rings. The summed E-state index contributed by atoms with van der Waals surface area (Å²) in [5.74, 6) is -0.205. The van der Waals surface area contributed by atoms with Gasteiger partial charge in [0.1, 0.15) is 10.3 Å². The van der Waals surface area contributed by atoms with Crippen LogP contribution in [-0.2, 0) is 21.2 Å². The van der Waals surface area contributed by atoms with Gasteiger partial charge in [0.2, 0.25) is 5.91 Å². The van der Waals surface area contributed by atoms with Crippen molar-refractivity contribution in [3.8, 4) is 0 Å². The Morgan fingerprint density at radius 1 is 1.38 bits per heavy atom. The van der Waals surface area contributed by atoms with Crippen LogP contribution in [-0.4, -0.2) is 37.8 Å². The van der Waals surface area contributed by atoms with Crippen molar-refractivity contribution in [1.29, 1.82) is 0 Å². The smallest absolute Gasteiger partial charge is 0.253 e. The molecule has 0 saturated carbocycles. The molecule has 2 aromatic rings. The fourth-order valence-electron chi connectivity index (χ4n) is 2.72. The second-order valence-electron chi connectivity index (χ2n) is 5.45. The minimum absolute atomic E-state index is 0.205. The van der Waals surface area contributed by atoms with Gasteiger partial charge in [0.05, 0.1) is 3.79 Å². The number of amides is 1. The number of nitrogens with zero attached hydrogens (tertiary/aromatic N) is 1. The molecule has 0 aromatic carbocycles. The minimum Gasteiger partial charge on any atom is -0.354 e. The lowest BCUT2D eigenvalue weighted by Crippen LogP contribution is -2.46. The van der Waals surface area contributed by atoms with Crippen LogP contribution in [0.3, 0.4) is 0 Å². The average Bonchev–Trinajstić information content (AvgIpc) is 3.28. The summed E-state index contributed by atoms with van der Waals surface area (Å²) in [6, 6.07) is 6.68. The van der Waals surface area contributed by atoms with Gasteiger partial charge in [0.25, 0.3) is 10.0 Å². The van der Waals surface area contributed by atoms with Crippen LogP contribution in [0.25, 0.3) is 0 Å². The van der Waals surface area contributed by atoms with Crippen LogP contribution in [0, 0.1) is 0 Å². The van der Waals surface area contributed by atoms with Crippen LogP contribution in [0.4, 0.5) is 0 Å². The molecular weight excluding hydrogens is 432 g/mol. The van der Waals surface area contributed by atoms with Gasteiger partial charge < -0.3 is 5.32 Å². The number of halogens is 1. The quantitative estimate of drug-likeness (QED) is 0.737. The van der Waals surface area contributed by atoms with Gasteiger partial charge in [0, 0.05) is 18.0 Å². The van der Waals surface area contributed by atoms with Gasteiger partial charge in [-0.3, -0.25) is 4.79 Å². The van der Waals surface area contributed by atoms with E-state index in [-0.39, 0.29) is 10.1 Å². The molecule has 1 amide bonds. The Labute approximate surface area is 157 Å². The van der Waals surface area contributed by atoms with Crippen molar-refractivity contribution in [3.05, 3.63) is 38.3 Å². The van der Waals surface area contributed by atoms with E-state index in [0.717, 1.165) is 10.2 Å². The monoisotopic (exact) mass is 448 g/mol. The number of thiophene rings is 2. The molecule has 130 valence electrons. The molecule has 1 N–H and O–H groups in total. The zero-order chi connectivity index (χ0) is 17.2. The lowest BCUT2D eigenvalue weighted by atomic mass is 10.2. The van der Waals surface area contributed by atoms with Gasteiger partial charge in [-0.2, -0.15) is 4.31 Å². The van der Waals surface area contributed by atoms with Crippen molar-refractivity contribution in [2.75, 3.05) is 13.1 Å². The Balaban J connectivity index is 1.65. The van der Waals surface area contributed by atoms with E-state index in [1.165, 1.54) is 20.5 Å². The van der Waals surface area contributed by atoms with E-state index in [1.54, 1.807) is 23.5 Å². The van der Waals surface area contributed by atoms with Crippen molar-refractivity contribution in [1.82, 2.24) is 9.62 Å². The van der Waals surface area contributed by atoms with Crippen molar-refractivity contribution in [2.24, 2.45) is 0 Å². The highest BCUT2D eigenvalue weighted by molar-refractivity contribution is 9.11. The molecular formula is C15H17BrN2O3S3. The highest BCUT2D eigenvalue weighted by Gasteiger charge is 2.39. The summed E-state index contributed by atoms with van der Waals surface area (Å²) in [4.78, 5) is 13.7. The number of rotatable bonds is 6. The van der Waals surface area contributed by atoms with Crippen LogP contribution < -0.4 is 5.32 Å². The minimum atomic E-state index is -3.62. The van der Waals surface area contributed by atoms with Crippen LogP contribution in [0.2, 0.25) is 0 Å². The standard InChI is InChI=1S/C15H17BrN2O3S3/c16-13-5-6-14(23-13)24(20,21)18-9-1-4-12(18)15(19)17-8-7-11-3-2-10-22-11/h2-3,5-6,10,12H,1,4,7-9H2,(H,17,19)/t12-/m0/s1. The first-order valence-corrected chi connectivity index (χ1v) is 11.5. The van der Waals surface area contributed by atoms with Crippen LogP contribution >= 0.6 is 38.6 Å². The highest BCUT2D eigenvalue weighted by Crippen LogP contribution is 2.32. The normalized spacial score (nSPS) is 18.8. The van der Waals surface area contributed by atoms with Gasteiger partial charge in [-0.15, -0.1) is 22.7 Å². The molecule has 0 radical (unpaired) electrons. The maximum absolute atomic E-state index is 12.8. The van der Waals surface area contributed by atoms with Crippen molar-refractivity contribution in [3.63, 3.8) is 0 Å². The van der Waals surface area contributed by atoms with Crippen LogP contribution in [0.15, 0.2) is 37.6 Å². The zero-order valence-corrected chi connectivity index (χ0v) is 16.8. The molecule has 24 heavy (non-hydrogen) atoms. The molecule has 2 aromatic heterocycles. The molecule has 0 unspecified atom stereocenters. The van der Waals surface area contributed by atoms with Crippen LogP contribution in [0.5, 0.6) is 0 Å². The lowest BCUT2D eigenvalue weighted by Gasteiger charge is -2.22. The number of hydrogen-bond donors (Lipinski definition) is 1. The Hall–Kier alpha value is -0.740. The molecule has 3 heterocycles. The largest absolute Gasteiger partial charge is 0.354 e. The van der Waals surface area contributed by atoms with Gasteiger partial charge in [-0.05, 0) is 58.8 Å². The zero-order valence-electron chi connectivity index (χ0n) is 12.8. The fourth-order valence-corrected chi connectivity index (χ4v) is 7.23. The molecule has 0 aliphatic carbocycles. The first kappa shape index (κ1) is 18.1. The summed E-state index contributed by atoms with van der Waals surface area (Å²) < 4.78 is 27.9. The first-order valence-electron chi connectivity index (χ1n) is 7.56.